The van der Waals surface area contributed by atoms with Crippen molar-refractivity contribution in [3.63, 3.8) is 0 Å². The molecule has 0 aliphatic heterocycles. The van der Waals surface area contributed by atoms with E-state index in [9.17, 15) is 18.3 Å². The highest BCUT2D eigenvalue weighted by atomic mass is 19.2. The Labute approximate surface area is 85.7 Å². The first-order valence-electron chi connectivity index (χ1n) is 4.40. The van der Waals surface area contributed by atoms with Crippen molar-refractivity contribution in [1.29, 1.82) is 0 Å². The molecule has 2 nitrogen and oxygen atoms in total. The zero-order valence-corrected chi connectivity index (χ0v) is 8.44. The van der Waals surface area contributed by atoms with Crippen LogP contribution in [0.15, 0.2) is 12.1 Å². The SMILES string of the molecule is CC(C)(O)CNc1cc(F)cc(F)c1F. The minimum atomic E-state index is -1.26. The predicted molar refractivity (Wildman–Crippen MR) is 51.1 cm³/mol. The van der Waals surface area contributed by atoms with Crippen LogP contribution in [0.3, 0.4) is 0 Å². The molecule has 1 rings (SSSR count). The zero-order valence-electron chi connectivity index (χ0n) is 8.44. The third-order valence-corrected chi connectivity index (χ3v) is 1.70. The standard InChI is InChI=1S/C10H12F3NO/c1-10(2,15)5-14-8-4-6(11)3-7(12)9(8)13/h3-4,14-15H,5H2,1-2H3. The Kier molecular flexibility index (Phi) is 3.24. The average Bonchev–Trinajstić information content (AvgIpc) is 2.07. The molecule has 0 spiro atoms. The minimum absolute atomic E-state index is 0.00713. The molecule has 0 fully saturated rings. The Morgan fingerprint density at radius 3 is 2.40 bits per heavy atom. The highest BCUT2D eigenvalue weighted by Crippen LogP contribution is 2.19. The quantitative estimate of drug-likeness (QED) is 0.764. The Balaban J connectivity index is 2.86. The summed E-state index contributed by atoms with van der Waals surface area (Å²) in [7, 11) is 0. The number of hydrogen-bond donors (Lipinski definition) is 2. The largest absolute Gasteiger partial charge is 0.389 e. The van der Waals surface area contributed by atoms with Crippen LogP contribution in [0, 0.1) is 17.5 Å². The Morgan fingerprint density at radius 1 is 1.27 bits per heavy atom. The van der Waals surface area contributed by atoms with E-state index in [0.29, 0.717) is 6.07 Å². The third kappa shape index (κ3) is 3.43. The smallest absolute Gasteiger partial charge is 0.182 e. The van der Waals surface area contributed by atoms with Crippen LogP contribution in [-0.4, -0.2) is 17.3 Å². The third-order valence-electron chi connectivity index (χ3n) is 1.70. The number of aliphatic hydroxyl groups is 1. The van der Waals surface area contributed by atoms with Crippen LogP contribution in [-0.2, 0) is 0 Å². The van der Waals surface area contributed by atoms with E-state index in [1.165, 1.54) is 13.8 Å². The lowest BCUT2D eigenvalue weighted by molar-refractivity contribution is 0.0944. The van der Waals surface area contributed by atoms with Gasteiger partial charge in [-0.3, -0.25) is 0 Å². The van der Waals surface area contributed by atoms with Gasteiger partial charge >= 0.3 is 0 Å². The van der Waals surface area contributed by atoms with Gasteiger partial charge in [0.1, 0.15) is 5.82 Å². The summed E-state index contributed by atoms with van der Waals surface area (Å²) in [4.78, 5) is 0. The summed E-state index contributed by atoms with van der Waals surface area (Å²) in [5.74, 6) is -3.28. The lowest BCUT2D eigenvalue weighted by Crippen LogP contribution is -2.29. The van der Waals surface area contributed by atoms with Gasteiger partial charge in [-0.05, 0) is 13.8 Å². The molecule has 0 aromatic heterocycles. The Hall–Kier alpha value is -1.23. The van der Waals surface area contributed by atoms with Gasteiger partial charge in [-0.15, -0.1) is 0 Å². The summed E-state index contributed by atoms with van der Waals surface area (Å²) in [6, 6.07) is 1.30. The molecule has 0 unspecified atom stereocenters. The van der Waals surface area contributed by atoms with Crippen molar-refractivity contribution in [1.82, 2.24) is 0 Å². The van der Waals surface area contributed by atoms with Gasteiger partial charge in [0.2, 0.25) is 0 Å². The zero-order chi connectivity index (χ0) is 11.6. The van der Waals surface area contributed by atoms with Gasteiger partial charge < -0.3 is 10.4 Å². The number of anilines is 1. The number of nitrogens with one attached hydrogen (secondary N) is 1. The van der Waals surface area contributed by atoms with E-state index in [-0.39, 0.29) is 12.2 Å². The van der Waals surface area contributed by atoms with Crippen molar-refractivity contribution in [2.45, 2.75) is 19.4 Å². The van der Waals surface area contributed by atoms with Crippen molar-refractivity contribution in [3.05, 3.63) is 29.6 Å². The highest BCUT2D eigenvalue weighted by molar-refractivity contribution is 5.45. The molecule has 0 aliphatic carbocycles. The van der Waals surface area contributed by atoms with Gasteiger partial charge in [0.15, 0.2) is 11.6 Å². The number of halogens is 3. The topological polar surface area (TPSA) is 32.3 Å². The fraction of sp³-hybridized carbons (Fsp3) is 0.400. The van der Waals surface area contributed by atoms with E-state index >= 15 is 0 Å². The molecule has 0 bridgehead atoms. The monoisotopic (exact) mass is 219 g/mol. The van der Waals surface area contributed by atoms with Crippen molar-refractivity contribution in [3.8, 4) is 0 Å². The molecule has 0 atom stereocenters. The summed E-state index contributed by atoms with van der Waals surface area (Å²) in [6.45, 7) is 2.98. The maximum Gasteiger partial charge on any atom is 0.182 e. The Bertz CT molecular complexity index is 360. The van der Waals surface area contributed by atoms with Crippen LogP contribution < -0.4 is 5.32 Å². The van der Waals surface area contributed by atoms with Gasteiger partial charge in [-0.1, -0.05) is 0 Å². The summed E-state index contributed by atoms with van der Waals surface area (Å²) >= 11 is 0. The average molecular weight is 219 g/mol. The van der Waals surface area contributed by atoms with Crippen molar-refractivity contribution in [2.24, 2.45) is 0 Å². The maximum absolute atomic E-state index is 13.1. The second kappa shape index (κ2) is 4.10. The van der Waals surface area contributed by atoms with E-state index in [4.69, 9.17) is 0 Å². The first kappa shape index (κ1) is 11.8. The van der Waals surface area contributed by atoms with Crippen LogP contribution in [0.5, 0.6) is 0 Å². The van der Waals surface area contributed by atoms with Crippen LogP contribution in [0.4, 0.5) is 18.9 Å². The van der Waals surface area contributed by atoms with Crippen LogP contribution in [0.1, 0.15) is 13.8 Å². The van der Waals surface area contributed by atoms with Crippen molar-refractivity contribution < 1.29 is 18.3 Å². The predicted octanol–water partition coefficient (Wildman–Crippen LogP) is 2.29. The molecular weight excluding hydrogens is 207 g/mol. The van der Waals surface area contributed by atoms with Gasteiger partial charge in [0, 0.05) is 18.7 Å². The fourth-order valence-corrected chi connectivity index (χ4v) is 0.996. The van der Waals surface area contributed by atoms with E-state index < -0.39 is 23.1 Å². The molecule has 15 heavy (non-hydrogen) atoms. The number of hydrogen-bond acceptors (Lipinski definition) is 2. The molecule has 0 saturated heterocycles. The van der Waals surface area contributed by atoms with Crippen molar-refractivity contribution in [2.75, 3.05) is 11.9 Å². The van der Waals surface area contributed by atoms with E-state index in [2.05, 4.69) is 5.32 Å². The molecule has 84 valence electrons. The molecule has 1 aromatic carbocycles. The van der Waals surface area contributed by atoms with Gasteiger partial charge in [0.05, 0.1) is 11.3 Å². The highest BCUT2D eigenvalue weighted by Gasteiger charge is 2.15. The fourth-order valence-electron chi connectivity index (χ4n) is 0.996. The van der Waals surface area contributed by atoms with Gasteiger partial charge in [-0.2, -0.15) is 0 Å². The van der Waals surface area contributed by atoms with Crippen molar-refractivity contribution >= 4 is 5.69 Å². The first-order chi connectivity index (χ1) is 6.79. The molecule has 0 aliphatic rings. The Morgan fingerprint density at radius 2 is 1.87 bits per heavy atom. The maximum atomic E-state index is 13.1. The molecule has 0 radical (unpaired) electrons. The molecule has 1 aromatic rings. The van der Waals surface area contributed by atoms with E-state index in [1.807, 2.05) is 0 Å². The van der Waals surface area contributed by atoms with Crippen LogP contribution >= 0.6 is 0 Å². The molecule has 0 heterocycles. The molecule has 2 N–H and O–H groups in total. The van der Waals surface area contributed by atoms with Crippen LogP contribution in [0.25, 0.3) is 0 Å². The molecule has 0 saturated carbocycles. The summed E-state index contributed by atoms with van der Waals surface area (Å²) in [5.41, 5.74) is -1.38. The number of rotatable bonds is 3. The van der Waals surface area contributed by atoms with E-state index in [1.54, 1.807) is 0 Å². The molecule has 0 amide bonds. The van der Waals surface area contributed by atoms with Gasteiger partial charge in [-0.25, -0.2) is 13.2 Å². The van der Waals surface area contributed by atoms with E-state index in [0.717, 1.165) is 6.07 Å². The molecular formula is C10H12F3NO. The second-order valence-electron chi connectivity index (χ2n) is 3.92. The summed E-state index contributed by atoms with van der Waals surface area (Å²) in [6.07, 6.45) is 0. The van der Waals surface area contributed by atoms with Gasteiger partial charge in [0.25, 0.3) is 0 Å². The summed E-state index contributed by atoms with van der Waals surface area (Å²) < 4.78 is 38.5. The lowest BCUT2D eigenvalue weighted by atomic mass is 10.1. The lowest BCUT2D eigenvalue weighted by Gasteiger charge is -2.18. The first-order valence-corrected chi connectivity index (χ1v) is 4.40. The normalized spacial score (nSPS) is 11.6. The number of benzene rings is 1. The second-order valence-corrected chi connectivity index (χ2v) is 3.92. The molecule has 5 heteroatoms. The van der Waals surface area contributed by atoms with Crippen LogP contribution in [0.2, 0.25) is 0 Å². The summed E-state index contributed by atoms with van der Waals surface area (Å²) in [5, 5.41) is 11.8. The minimum Gasteiger partial charge on any atom is -0.389 e.